The molecule has 0 saturated heterocycles. The van der Waals surface area contributed by atoms with E-state index in [-0.39, 0.29) is 17.0 Å². The number of benzene rings is 1. The van der Waals surface area contributed by atoms with Crippen molar-refractivity contribution in [2.45, 2.75) is 46.5 Å². The Bertz CT molecular complexity index is 472. The molecule has 0 spiro atoms. The molecular formula is C16H20O2. The Labute approximate surface area is 108 Å². The number of carbonyl (C=O) groups excluding carboxylic acids is 2. The Morgan fingerprint density at radius 1 is 1.00 bits per heavy atom. The zero-order valence-electron chi connectivity index (χ0n) is 11.5. The summed E-state index contributed by atoms with van der Waals surface area (Å²) >= 11 is 0. The third-order valence-corrected chi connectivity index (χ3v) is 3.78. The molecule has 2 heteroatoms. The van der Waals surface area contributed by atoms with Crippen LogP contribution in [0.3, 0.4) is 0 Å². The lowest BCUT2D eigenvalue weighted by Crippen LogP contribution is -2.36. The largest absolute Gasteiger partial charge is 0.299 e. The first kappa shape index (κ1) is 13.0. The van der Waals surface area contributed by atoms with Crippen LogP contribution in [0.15, 0.2) is 18.2 Å². The van der Waals surface area contributed by atoms with Gasteiger partial charge in [0.2, 0.25) is 0 Å². The molecule has 18 heavy (non-hydrogen) atoms. The summed E-state index contributed by atoms with van der Waals surface area (Å²) in [5.74, 6) is -0.374. The molecule has 0 N–H and O–H groups in total. The fourth-order valence-electron chi connectivity index (χ4n) is 2.99. The van der Waals surface area contributed by atoms with Crippen LogP contribution in [0.1, 0.15) is 49.3 Å². The van der Waals surface area contributed by atoms with Crippen LogP contribution in [0.5, 0.6) is 0 Å². The molecule has 0 unspecified atom stereocenters. The van der Waals surface area contributed by atoms with Crippen LogP contribution in [0.4, 0.5) is 0 Å². The van der Waals surface area contributed by atoms with E-state index in [2.05, 4.69) is 0 Å². The summed E-state index contributed by atoms with van der Waals surface area (Å²) in [6.45, 7) is 7.93. The Morgan fingerprint density at radius 3 is 1.89 bits per heavy atom. The van der Waals surface area contributed by atoms with Crippen molar-refractivity contribution in [1.29, 1.82) is 0 Å². The van der Waals surface area contributed by atoms with Gasteiger partial charge in [-0.2, -0.15) is 0 Å². The van der Waals surface area contributed by atoms with Crippen molar-refractivity contribution in [1.82, 2.24) is 0 Å². The topological polar surface area (TPSA) is 34.1 Å². The normalized spacial score (nSPS) is 20.2. The van der Waals surface area contributed by atoms with Gasteiger partial charge in [-0.3, -0.25) is 9.59 Å². The second kappa shape index (κ2) is 4.34. The molecule has 96 valence electrons. The van der Waals surface area contributed by atoms with Crippen molar-refractivity contribution >= 4 is 11.6 Å². The highest BCUT2D eigenvalue weighted by molar-refractivity contribution is 6.10. The number of aryl methyl sites for hydroxylation is 2. The van der Waals surface area contributed by atoms with Gasteiger partial charge in [-0.15, -0.1) is 0 Å². The molecule has 1 aliphatic carbocycles. The second-order valence-corrected chi connectivity index (χ2v) is 6.19. The van der Waals surface area contributed by atoms with Crippen molar-refractivity contribution in [2.24, 2.45) is 5.41 Å². The number of hydrogen-bond acceptors (Lipinski definition) is 2. The van der Waals surface area contributed by atoms with Gasteiger partial charge in [0.25, 0.3) is 0 Å². The van der Waals surface area contributed by atoms with Crippen LogP contribution >= 0.6 is 0 Å². The summed E-state index contributed by atoms with van der Waals surface area (Å²) < 4.78 is 0. The van der Waals surface area contributed by atoms with Crippen LogP contribution in [0, 0.1) is 19.3 Å². The van der Waals surface area contributed by atoms with E-state index < -0.39 is 5.92 Å². The third kappa shape index (κ3) is 2.24. The molecule has 0 radical (unpaired) electrons. The van der Waals surface area contributed by atoms with Gasteiger partial charge in [0.05, 0.1) is 0 Å². The van der Waals surface area contributed by atoms with Gasteiger partial charge in [-0.05, 0) is 36.0 Å². The van der Waals surface area contributed by atoms with Crippen molar-refractivity contribution in [3.8, 4) is 0 Å². The number of carbonyl (C=O) groups is 2. The van der Waals surface area contributed by atoms with Crippen LogP contribution in [-0.4, -0.2) is 11.6 Å². The minimum Gasteiger partial charge on any atom is -0.299 e. The first-order valence-electron chi connectivity index (χ1n) is 6.43. The summed E-state index contributed by atoms with van der Waals surface area (Å²) in [6.07, 6.45) is 0.994. The van der Waals surface area contributed by atoms with Crippen LogP contribution < -0.4 is 0 Å². The first-order chi connectivity index (χ1) is 8.32. The zero-order valence-corrected chi connectivity index (χ0v) is 11.5. The summed E-state index contributed by atoms with van der Waals surface area (Å²) in [5, 5.41) is 0. The minimum absolute atomic E-state index is 0.0775. The molecule has 0 bridgehead atoms. The highest BCUT2D eigenvalue weighted by atomic mass is 16.2. The maximum Gasteiger partial charge on any atom is 0.148 e. The smallest absolute Gasteiger partial charge is 0.148 e. The van der Waals surface area contributed by atoms with E-state index in [1.54, 1.807) is 0 Å². The van der Waals surface area contributed by atoms with E-state index in [1.165, 1.54) is 0 Å². The molecule has 1 aromatic carbocycles. The summed E-state index contributed by atoms with van der Waals surface area (Å²) in [4.78, 5) is 24.6. The molecule has 2 rings (SSSR count). The predicted octanol–water partition coefficient (Wildman–Crippen LogP) is 3.35. The summed E-state index contributed by atoms with van der Waals surface area (Å²) in [6, 6.07) is 5.92. The van der Waals surface area contributed by atoms with E-state index in [0.717, 1.165) is 16.7 Å². The van der Waals surface area contributed by atoms with Gasteiger partial charge in [-0.1, -0.05) is 32.0 Å². The van der Waals surface area contributed by atoms with Crippen LogP contribution in [-0.2, 0) is 9.59 Å². The average Bonchev–Trinajstić information content (AvgIpc) is 2.19. The van der Waals surface area contributed by atoms with Gasteiger partial charge in [-0.25, -0.2) is 0 Å². The van der Waals surface area contributed by atoms with Crippen molar-refractivity contribution in [3.63, 3.8) is 0 Å². The SMILES string of the molecule is Cc1cccc(C)c1C1C(=O)CC(C)(C)CC1=O. The van der Waals surface area contributed by atoms with Gasteiger partial charge < -0.3 is 0 Å². The maximum absolute atomic E-state index is 12.3. The number of Topliss-reactive ketones (excluding diaryl/α,β-unsaturated/α-hetero) is 2. The number of ketones is 2. The predicted molar refractivity (Wildman–Crippen MR) is 71.7 cm³/mol. The standard InChI is InChI=1S/C16H20O2/c1-10-6-5-7-11(2)14(10)15-12(17)8-16(3,4)9-13(15)18/h5-7,15H,8-9H2,1-4H3. The molecule has 1 aromatic rings. The maximum atomic E-state index is 12.3. The quantitative estimate of drug-likeness (QED) is 0.710. The Balaban J connectivity index is 2.46. The van der Waals surface area contributed by atoms with Crippen molar-refractivity contribution in [2.75, 3.05) is 0 Å². The molecule has 0 atom stereocenters. The summed E-state index contributed by atoms with van der Waals surface area (Å²) in [7, 11) is 0. The third-order valence-electron chi connectivity index (χ3n) is 3.78. The number of hydrogen-bond donors (Lipinski definition) is 0. The Kier molecular flexibility index (Phi) is 3.14. The lowest BCUT2D eigenvalue weighted by atomic mass is 9.68. The van der Waals surface area contributed by atoms with E-state index in [4.69, 9.17) is 0 Å². The van der Waals surface area contributed by atoms with Gasteiger partial charge in [0, 0.05) is 12.8 Å². The average molecular weight is 244 g/mol. The lowest BCUT2D eigenvalue weighted by molar-refractivity contribution is -0.135. The molecule has 0 amide bonds. The fourth-order valence-corrected chi connectivity index (χ4v) is 2.99. The van der Waals surface area contributed by atoms with E-state index in [9.17, 15) is 9.59 Å². The highest BCUT2D eigenvalue weighted by Crippen LogP contribution is 2.39. The second-order valence-electron chi connectivity index (χ2n) is 6.19. The van der Waals surface area contributed by atoms with Crippen molar-refractivity contribution in [3.05, 3.63) is 34.9 Å². The van der Waals surface area contributed by atoms with E-state index in [1.807, 2.05) is 45.9 Å². The van der Waals surface area contributed by atoms with Gasteiger partial charge >= 0.3 is 0 Å². The minimum atomic E-state index is -0.528. The Morgan fingerprint density at radius 2 is 1.44 bits per heavy atom. The van der Waals surface area contributed by atoms with Crippen LogP contribution in [0.25, 0.3) is 0 Å². The van der Waals surface area contributed by atoms with E-state index in [0.29, 0.717) is 12.8 Å². The lowest BCUT2D eigenvalue weighted by Gasteiger charge is -2.33. The zero-order chi connectivity index (χ0) is 13.5. The van der Waals surface area contributed by atoms with E-state index >= 15 is 0 Å². The highest BCUT2D eigenvalue weighted by Gasteiger charge is 2.41. The molecule has 0 heterocycles. The first-order valence-corrected chi connectivity index (χ1v) is 6.43. The van der Waals surface area contributed by atoms with Crippen molar-refractivity contribution < 1.29 is 9.59 Å². The molecule has 0 aromatic heterocycles. The van der Waals surface area contributed by atoms with Crippen LogP contribution in [0.2, 0.25) is 0 Å². The van der Waals surface area contributed by atoms with Gasteiger partial charge in [0.1, 0.15) is 17.5 Å². The molecule has 0 aliphatic heterocycles. The fraction of sp³-hybridized carbons (Fsp3) is 0.500. The molecule has 1 saturated carbocycles. The molecule has 2 nitrogen and oxygen atoms in total. The molecule has 1 fully saturated rings. The number of rotatable bonds is 1. The molecular weight excluding hydrogens is 224 g/mol. The summed E-state index contributed by atoms with van der Waals surface area (Å²) in [5.41, 5.74) is 2.84. The van der Waals surface area contributed by atoms with Gasteiger partial charge in [0.15, 0.2) is 0 Å². The monoisotopic (exact) mass is 244 g/mol. The molecule has 1 aliphatic rings. The Hall–Kier alpha value is -1.44.